The summed E-state index contributed by atoms with van der Waals surface area (Å²) >= 11 is 0. The molecule has 1 aromatic rings. The van der Waals surface area contributed by atoms with E-state index < -0.39 is 11.6 Å². The maximum absolute atomic E-state index is 13.6. The molecule has 1 aliphatic heterocycles. The first-order valence-electron chi connectivity index (χ1n) is 5.63. The SMILES string of the molecule is CCN1c2cc(F)cc(F)c2NCCC1C. The van der Waals surface area contributed by atoms with E-state index in [-0.39, 0.29) is 0 Å². The van der Waals surface area contributed by atoms with Crippen LogP contribution < -0.4 is 10.2 Å². The highest BCUT2D eigenvalue weighted by Gasteiger charge is 2.22. The Morgan fingerprint density at radius 1 is 1.44 bits per heavy atom. The van der Waals surface area contributed by atoms with Gasteiger partial charge in [-0.15, -0.1) is 0 Å². The van der Waals surface area contributed by atoms with Crippen LogP contribution in [-0.4, -0.2) is 19.1 Å². The number of hydrogen-bond donors (Lipinski definition) is 1. The molecule has 1 N–H and O–H groups in total. The fourth-order valence-corrected chi connectivity index (χ4v) is 2.24. The molecule has 2 nitrogen and oxygen atoms in total. The fourth-order valence-electron chi connectivity index (χ4n) is 2.24. The van der Waals surface area contributed by atoms with Crippen molar-refractivity contribution in [2.75, 3.05) is 23.3 Å². The molecular weight excluding hydrogens is 210 g/mol. The van der Waals surface area contributed by atoms with E-state index in [0.29, 0.717) is 24.0 Å². The molecule has 0 aromatic heterocycles. The van der Waals surface area contributed by atoms with Crippen molar-refractivity contribution >= 4 is 11.4 Å². The van der Waals surface area contributed by atoms with E-state index >= 15 is 0 Å². The van der Waals surface area contributed by atoms with Crippen molar-refractivity contribution < 1.29 is 8.78 Å². The average molecular weight is 226 g/mol. The Morgan fingerprint density at radius 2 is 2.19 bits per heavy atom. The molecule has 1 atom stereocenters. The van der Waals surface area contributed by atoms with Gasteiger partial charge in [-0.2, -0.15) is 0 Å². The van der Waals surface area contributed by atoms with Crippen LogP contribution in [0.5, 0.6) is 0 Å². The van der Waals surface area contributed by atoms with Gasteiger partial charge in [-0.1, -0.05) is 0 Å². The first kappa shape index (κ1) is 11.2. The van der Waals surface area contributed by atoms with Crippen molar-refractivity contribution in [1.82, 2.24) is 0 Å². The summed E-state index contributed by atoms with van der Waals surface area (Å²) < 4.78 is 26.9. The van der Waals surface area contributed by atoms with Gasteiger partial charge in [0.15, 0.2) is 5.82 Å². The van der Waals surface area contributed by atoms with Crippen molar-refractivity contribution in [1.29, 1.82) is 0 Å². The molecular formula is C12H16F2N2. The zero-order valence-electron chi connectivity index (χ0n) is 9.56. The third-order valence-electron chi connectivity index (χ3n) is 3.08. The first-order chi connectivity index (χ1) is 7.63. The largest absolute Gasteiger partial charge is 0.381 e. The summed E-state index contributed by atoms with van der Waals surface area (Å²) in [5.41, 5.74) is 1.05. The maximum Gasteiger partial charge on any atom is 0.151 e. The van der Waals surface area contributed by atoms with Crippen molar-refractivity contribution in [3.63, 3.8) is 0 Å². The van der Waals surface area contributed by atoms with Crippen LogP contribution in [0.4, 0.5) is 20.2 Å². The summed E-state index contributed by atoms with van der Waals surface area (Å²) in [5.74, 6) is -1.03. The minimum Gasteiger partial charge on any atom is -0.381 e. The lowest BCUT2D eigenvalue weighted by atomic mass is 10.2. The predicted octanol–water partition coefficient (Wildman–Crippen LogP) is 3.00. The number of rotatable bonds is 1. The van der Waals surface area contributed by atoms with Crippen LogP contribution in [0.1, 0.15) is 20.3 Å². The summed E-state index contributed by atoms with van der Waals surface area (Å²) in [4.78, 5) is 2.03. The number of benzene rings is 1. The van der Waals surface area contributed by atoms with Crippen LogP contribution in [0.25, 0.3) is 0 Å². The van der Waals surface area contributed by atoms with Gasteiger partial charge in [0.1, 0.15) is 5.82 Å². The second-order valence-electron chi connectivity index (χ2n) is 4.13. The highest BCUT2D eigenvalue weighted by Crippen LogP contribution is 2.33. The number of hydrogen-bond acceptors (Lipinski definition) is 2. The number of fused-ring (bicyclic) bond motifs is 1. The van der Waals surface area contributed by atoms with Gasteiger partial charge in [0.05, 0.1) is 11.4 Å². The van der Waals surface area contributed by atoms with E-state index in [1.165, 1.54) is 6.07 Å². The second-order valence-corrected chi connectivity index (χ2v) is 4.13. The summed E-state index contributed by atoms with van der Waals surface area (Å²) in [6.45, 7) is 5.53. The van der Waals surface area contributed by atoms with Gasteiger partial charge in [0.25, 0.3) is 0 Å². The predicted molar refractivity (Wildman–Crippen MR) is 61.9 cm³/mol. The Kier molecular flexibility index (Phi) is 2.99. The van der Waals surface area contributed by atoms with E-state index in [1.54, 1.807) is 0 Å². The molecule has 1 aliphatic rings. The summed E-state index contributed by atoms with van der Waals surface area (Å²) in [6, 6.07) is 2.62. The molecule has 16 heavy (non-hydrogen) atoms. The van der Waals surface area contributed by atoms with Crippen molar-refractivity contribution in [3.8, 4) is 0 Å². The summed E-state index contributed by atoms with van der Waals surface area (Å²) in [7, 11) is 0. The molecule has 4 heteroatoms. The van der Waals surface area contributed by atoms with Crippen LogP contribution in [0.15, 0.2) is 12.1 Å². The molecule has 0 radical (unpaired) electrons. The van der Waals surface area contributed by atoms with Gasteiger partial charge in [-0.05, 0) is 26.3 Å². The van der Waals surface area contributed by atoms with Crippen LogP contribution in [-0.2, 0) is 0 Å². The average Bonchev–Trinajstić information content (AvgIpc) is 2.37. The van der Waals surface area contributed by atoms with Crippen LogP contribution in [0.2, 0.25) is 0 Å². The highest BCUT2D eigenvalue weighted by molar-refractivity contribution is 5.72. The third kappa shape index (κ3) is 1.84. The highest BCUT2D eigenvalue weighted by atomic mass is 19.1. The van der Waals surface area contributed by atoms with Crippen molar-refractivity contribution in [2.24, 2.45) is 0 Å². The van der Waals surface area contributed by atoms with Gasteiger partial charge in [0, 0.05) is 25.2 Å². The molecule has 2 rings (SSSR count). The number of halogens is 2. The van der Waals surface area contributed by atoms with Gasteiger partial charge in [-0.25, -0.2) is 8.78 Å². The molecule has 0 fully saturated rings. The van der Waals surface area contributed by atoms with Crippen LogP contribution >= 0.6 is 0 Å². The Balaban J connectivity index is 2.53. The zero-order chi connectivity index (χ0) is 11.7. The molecule has 88 valence electrons. The minimum absolute atomic E-state index is 0.292. The van der Waals surface area contributed by atoms with E-state index in [4.69, 9.17) is 0 Å². The molecule has 1 heterocycles. The Bertz CT molecular complexity index is 393. The van der Waals surface area contributed by atoms with Gasteiger partial charge < -0.3 is 10.2 Å². The Morgan fingerprint density at radius 3 is 2.88 bits per heavy atom. The Hall–Kier alpha value is -1.32. The number of anilines is 2. The lowest BCUT2D eigenvalue weighted by Gasteiger charge is -2.28. The van der Waals surface area contributed by atoms with Gasteiger partial charge in [0.2, 0.25) is 0 Å². The first-order valence-corrected chi connectivity index (χ1v) is 5.63. The quantitative estimate of drug-likeness (QED) is 0.792. The summed E-state index contributed by atoms with van der Waals surface area (Å²) in [6.07, 6.45) is 0.920. The lowest BCUT2D eigenvalue weighted by molar-refractivity contribution is 0.583. The number of nitrogens with zero attached hydrogens (tertiary/aromatic N) is 1. The van der Waals surface area contributed by atoms with Crippen molar-refractivity contribution in [2.45, 2.75) is 26.3 Å². The van der Waals surface area contributed by atoms with E-state index in [9.17, 15) is 8.78 Å². The fraction of sp³-hybridized carbons (Fsp3) is 0.500. The second kappa shape index (κ2) is 4.28. The molecule has 0 spiro atoms. The summed E-state index contributed by atoms with van der Waals surface area (Å²) in [5, 5.41) is 3.03. The molecule has 0 bridgehead atoms. The van der Waals surface area contributed by atoms with E-state index in [0.717, 1.165) is 19.0 Å². The van der Waals surface area contributed by atoms with Crippen LogP contribution in [0, 0.1) is 11.6 Å². The minimum atomic E-state index is -0.523. The molecule has 0 amide bonds. The molecule has 0 saturated carbocycles. The molecule has 1 unspecified atom stereocenters. The molecule has 0 aliphatic carbocycles. The lowest BCUT2D eigenvalue weighted by Crippen LogP contribution is -2.32. The molecule has 0 saturated heterocycles. The smallest absolute Gasteiger partial charge is 0.151 e. The topological polar surface area (TPSA) is 15.3 Å². The zero-order valence-corrected chi connectivity index (χ0v) is 9.56. The van der Waals surface area contributed by atoms with Gasteiger partial charge in [-0.3, -0.25) is 0 Å². The number of nitrogens with one attached hydrogen (secondary N) is 1. The Labute approximate surface area is 94.3 Å². The monoisotopic (exact) mass is 226 g/mol. The van der Waals surface area contributed by atoms with E-state index in [2.05, 4.69) is 12.2 Å². The normalized spacial score (nSPS) is 20.0. The van der Waals surface area contributed by atoms with Crippen molar-refractivity contribution in [3.05, 3.63) is 23.8 Å². The van der Waals surface area contributed by atoms with E-state index in [1.807, 2.05) is 11.8 Å². The molecule has 1 aromatic carbocycles. The van der Waals surface area contributed by atoms with Crippen LogP contribution in [0.3, 0.4) is 0 Å². The third-order valence-corrected chi connectivity index (χ3v) is 3.08. The standard InChI is InChI=1S/C12H16F2N2/c1-3-16-8(2)4-5-15-12-10(14)6-9(13)7-11(12)16/h6-8,15H,3-5H2,1-2H3. The maximum atomic E-state index is 13.6. The van der Waals surface area contributed by atoms with Gasteiger partial charge >= 0.3 is 0 Å².